The molecule has 0 spiro atoms. The molecule has 2 aromatic rings. The lowest BCUT2D eigenvalue weighted by Gasteiger charge is -2.13. The number of aliphatic imine (C=N–C) groups is 1. The van der Waals surface area contributed by atoms with Gasteiger partial charge in [0.1, 0.15) is 5.82 Å². The van der Waals surface area contributed by atoms with E-state index < -0.39 is 0 Å². The largest absolute Gasteiger partial charge is 0.381 e. The molecule has 1 aliphatic rings. The maximum Gasteiger partial charge on any atom is 0.190 e. The van der Waals surface area contributed by atoms with Crippen molar-refractivity contribution in [1.29, 1.82) is 0 Å². The van der Waals surface area contributed by atoms with Gasteiger partial charge in [0.05, 0.1) is 13.2 Å². The Morgan fingerprint density at radius 2 is 2.10 bits per heavy atom. The second kappa shape index (κ2) is 14.4. The van der Waals surface area contributed by atoms with Gasteiger partial charge in [0.25, 0.3) is 0 Å². The number of rotatable bonds is 11. The summed E-state index contributed by atoms with van der Waals surface area (Å²) in [5, 5.41) is 6.70. The van der Waals surface area contributed by atoms with Gasteiger partial charge in [-0.3, -0.25) is 4.99 Å². The Balaban J connectivity index is 0.00000320. The molecule has 0 bridgehead atoms. The molecule has 2 heterocycles. The Morgan fingerprint density at radius 1 is 1.27 bits per heavy atom. The van der Waals surface area contributed by atoms with Crippen LogP contribution in [0.3, 0.4) is 0 Å². The fraction of sp³-hybridized carbons (Fsp3) is 0.545. The predicted octanol–water partition coefficient (Wildman–Crippen LogP) is 2.70. The maximum atomic E-state index is 5.73. The minimum atomic E-state index is 0. The van der Waals surface area contributed by atoms with Crippen LogP contribution in [0.15, 0.2) is 47.7 Å². The number of hydrogen-bond donors (Lipinski definition) is 2. The van der Waals surface area contributed by atoms with Crippen molar-refractivity contribution < 1.29 is 9.47 Å². The summed E-state index contributed by atoms with van der Waals surface area (Å²) in [5.74, 6) is 2.46. The molecule has 0 saturated carbocycles. The highest BCUT2D eigenvalue weighted by molar-refractivity contribution is 14.0. The summed E-state index contributed by atoms with van der Waals surface area (Å²) in [6.07, 6.45) is 6.82. The fourth-order valence-corrected chi connectivity index (χ4v) is 3.35. The van der Waals surface area contributed by atoms with Crippen LogP contribution in [-0.2, 0) is 22.4 Å². The van der Waals surface area contributed by atoms with E-state index in [1.54, 1.807) is 7.05 Å². The fourth-order valence-electron chi connectivity index (χ4n) is 3.35. The second-order valence-electron chi connectivity index (χ2n) is 7.29. The molecule has 1 fully saturated rings. The zero-order chi connectivity index (χ0) is 20.2. The third kappa shape index (κ3) is 8.61. The summed E-state index contributed by atoms with van der Waals surface area (Å²) in [5.41, 5.74) is 1.28. The van der Waals surface area contributed by atoms with Crippen molar-refractivity contribution in [2.75, 3.05) is 46.6 Å². The van der Waals surface area contributed by atoms with E-state index in [1.807, 2.05) is 18.5 Å². The Hall–Kier alpha value is -1.65. The minimum absolute atomic E-state index is 0. The van der Waals surface area contributed by atoms with Gasteiger partial charge in [0.15, 0.2) is 5.96 Å². The van der Waals surface area contributed by atoms with E-state index in [1.165, 1.54) is 5.56 Å². The van der Waals surface area contributed by atoms with E-state index in [9.17, 15) is 0 Å². The smallest absolute Gasteiger partial charge is 0.190 e. The van der Waals surface area contributed by atoms with Crippen molar-refractivity contribution in [3.05, 3.63) is 54.1 Å². The lowest BCUT2D eigenvalue weighted by molar-refractivity contribution is 0.0888. The number of halogens is 1. The van der Waals surface area contributed by atoms with Crippen LogP contribution in [0.25, 0.3) is 0 Å². The molecule has 1 aromatic carbocycles. The summed E-state index contributed by atoms with van der Waals surface area (Å²) < 4.78 is 13.3. The summed E-state index contributed by atoms with van der Waals surface area (Å²) in [6.45, 7) is 5.76. The molecule has 2 N–H and O–H groups in total. The summed E-state index contributed by atoms with van der Waals surface area (Å²) in [7, 11) is 1.79. The molecule has 1 unspecified atom stereocenters. The molecule has 7 nitrogen and oxygen atoms in total. The number of aromatic nitrogens is 2. The number of nitrogens with one attached hydrogen (secondary N) is 2. The van der Waals surface area contributed by atoms with E-state index in [4.69, 9.17) is 9.47 Å². The van der Waals surface area contributed by atoms with Gasteiger partial charge in [0.2, 0.25) is 0 Å². The topological polar surface area (TPSA) is 72.7 Å². The van der Waals surface area contributed by atoms with Crippen LogP contribution in [0.5, 0.6) is 0 Å². The van der Waals surface area contributed by atoms with Gasteiger partial charge in [-0.2, -0.15) is 0 Å². The van der Waals surface area contributed by atoms with Crippen LogP contribution in [0.1, 0.15) is 24.2 Å². The first kappa shape index (κ1) is 24.6. The van der Waals surface area contributed by atoms with Crippen LogP contribution in [-0.4, -0.2) is 62.1 Å². The molecule has 3 rings (SSSR count). The monoisotopic (exact) mass is 527 g/mol. The zero-order valence-electron chi connectivity index (χ0n) is 17.8. The molecule has 1 aromatic heterocycles. The maximum absolute atomic E-state index is 5.73. The molecule has 1 atom stereocenters. The number of benzene rings is 1. The second-order valence-corrected chi connectivity index (χ2v) is 7.29. The van der Waals surface area contributed by atoms with E-state index in [2.05, 4.69) is 49.4 Å². The molecular weight excluding hydrogens is 493 g/mol. The van der Waals surface area contributed by atoms with Crippen molar-refractivity contribution in [2.24, 2.45) is 10.9 Å². The van der Waals surface area contributed by atoms with E-state index >= 15 is 0 Å². The van der Waals surface area contributed by atoms with Crippen LogP contribution in [0, 0.1) is 5.92 Å². The summed E-state index contributed by atoms with van der Waals surface area (Å²) >= 11 is 0. The van der Waals surface area contributed by atoms with Crippen molar-refractivity contribution in [1.82, 2.24) is 20.2 Å². The van der Waals surface area contributed by atoms with Crippen molar-refractivity contribution in [3.63, 3.8) is 0 Å². The van der Waals surface area contributed by atoms with E-state index in [0.717, 1.165) is 77.1 Å². The minimum Gasteiger partial charge on any atom is -0.381 e. The lowest BCUT2D eigenvalue weighted by atomic mass is 10.1. The van der Waals surface area contributed by atoms with Crippen LogP contribution in [0.2, 0.25) is 0 Å². The molecule has 0 radical (unpaired) electrons. The Bertz CT molecular complexity index is 732. The molecule has 1 saturated heterocycles. The van der Waals surface area contributed by atoms with E-state index in [-0.39, 0.29) is 24.0 Å². The SMILES string of the molecule is CN=C(NCCCOCC1CCOC1)NCCc1nccn1Cc1ccccc1.I. The van der Waals surface area contributed by atoms with Crippen molar-refractivity contribution >= 4 is 29.9 Å². The van der Waals surface area contributed by atoms with Crippen molar-refractivity contribution in [2.45, 2.75) is 25.8 Å². The first-order valence-corrected chi connectivity index (χ1v) is 10.5. The first-order valence-electron chi connectivity index (χ1n) is 10.5. The molecule has 1 aliphatic heterocycles. The highest BCUT2D eigenvalue weighted by Crippen LogP contribution is 2.12. The molecule has 0 aliphatic carbocycles. The van der Waals surface area contributed by atoms with Gasteiger partial charge in [-0.15, -0.1) is 24.0 Å². The average molecular weight is 527 g/mol. The quantitative estimate of drug-likeness (QED) is 0.204. The molecular formula is C22H34IN5O2. The number of imidazole rings is 1. The third-order valence-electron chi connectivity index (χ3n) is 5.00. The van der Waals surface area contributed by atoms with Crippen LogP contribution < -0.4 is 10.6 Å². The van der Waals surface area contributed by atoms with Gasteiger partial charge in [0, 0.05) is 64.6 Å². The standard InChI is InChI=1S/C22H33N5O2.HI/c1-23-22(25-10-5-14-28-17-20-9-15-29-18-20)26-11-8-21-24-12-13-27(21)16-19-6-3-2-4-7-19;/h2-4,6-7,12-13,20H,5,8-11,14-18H2,1H3,(H2,23,25,26);1H. The number of guanidine groups is 1. The van der Waals surface area contributed by atoms with Crippen LogP contribution in [0.4, 0.5) is 0 Å². The number of nitrogens with zero attached hydrogens (tertiary/aromatic N) is 3. The van der Waals surface area contributed by atoms with Gasteiger partial charge < -0.3 is 24.7 Å². The summed E-state index contributed by atoms with van der Waals surface area (Å²) in [4.78, 5) is 8.79. The van der Waals surface area contributed by atoms with Gasteiger partial charge in [-0.25, -0.2) is 4.98 Å². The van der Waals surface area contributed by atoms with Gasteiger partial charge >= 0.3 is 0 Å². The third-order valence-corrected chi connectivity index (χ3v) is 5.00. The molecule has 0 amide bonds. The van der Waals surface area contributed by atoms with Gasteiger partial charge in [-0.05, 0) is 18.4 Å². The lowest BCUT2D eigenvalue weighted by Crippen LogP contribution is -2.39. The van der Waals surface area contributed by atoms with Crippen LogP contribution >= 0.6 is 24.0 Å². The van der Waals surface area contributed by atoms with Gasteiger partial charge in [-0.1, -0.05) is 30.3 Å². The average Bonchev–Trinajstić information content (AvgIpc) is 3.42. The summed E-state index contributed by atoms with van der Waals surface area (Å²) in [6, 6.07) is 10.4. The van der Waals surface area contributed by atoms with Crippen molar-refractivity contribution in [3.8, 4) is 0 Å². The van der Waals surface area contributed by atoms with E-state index in [0.29, 0.717) is 5.92 Å². The Labute approximate surface area is 196 Å². The molecule has 30 heavy (non-hydrogen) atoms. The Morgan fingerprint density at radius 3 is 2.87 bits per heavy atom. The molecule has 8 heteroatoms. The highest BCUT2D eigenvalue weighted by Gasteiger charge is 2.15. The zero-order valence-corrected chi connectivity index (χ0v) is 20.1. The highest BCUT2D eigenvalue weighted by atomic mass is 127. The number of hydrogen-bond acceptors (Lipinski definition) is 4. The first-order chi connectivity index (χ1) is 14.3. The molecule has 166 valence electrons. The normalized spacial score (nSPS) is 16.3. The Kier molecular flexibility index (Phi) is 11.8. The number of ether oxygens (including phenoxy) is 2. The predicted molar refractivity (Wildman–Crippen MR) is 131 cm³/mol.